The van der Waals surface area contributed by atoms with E-state index in [1.165, 1.54) is 10.5 Å². The quantitative estimate of drug-likeness (QED) is 0.434. The normalized spacial score (nSPS) is 19.0. The number of allylic oxidation sites excluding steroid dienone is 3. The predicted octanol–water partition coefficient (Wildman–Crippen LogP) is 4.79. The maximum atomic E-state index is 14.1. The molecule has 0 unspecified atom stereocenters. The SMILES string of the molecule is COc1cccc(CN2C(=O)N(CC3=CC=CCC3)C3(CCN(Cc4cc(OC)cc(OC)c4)CC3)C2=O)c1. The summed E-state index contributed by atoms with van der Waals surface area (Å²) in [6.07, 6.45) is 9.33. The first kappa shape index (κ1) is 26.8. The van der Waals surface area contributed by atoms with Crippen LogP contribution in [-0.2, 0) is 17.9 Å². The lowest BCUT2D eigenvalue weighted by Gasteiger charge is -2.42. The molecule has 3 aliphatic rings. The van der Waals surface area contributed by atoms with Crippen molar-refractivity contribution in [2.24, 2.45) is 0 Å². The summed E-state index contributed by atoms with van der Waals surface area (Å²) >= 11 is 0. The fourth-order valence-corrected chi connectivity index (χ4v) is 5.86. The number of amides is 3. The molecule has 8 heteroatoms. The van der Waals surface area contributed by atoms with Crippen molar-refractivity contribution in [2.75, 3.05) is 41.0 Å². The molecule has 1 aliphatic carbocycles. The molecule has 1 spiro atoms. The third-order valence-electron chi connectivity index (χ3n) is 8.06. The van der Waals surface area contributed by atoms with E-state index in [-0.39, 0.29) is 18.5 Å². The van der Waals surface area contributed by atoms with E-state index in [1.807, 2.05) is 53.4 Å². The summed E-state index contributed by atoms with van der Waals surface area (Å²) in [6, 6.07) is 13.3. The fraction of sp³-hybridized carbons (Fsp3) is 0.419. The molecule has 0 bridgehead atoms. The number of likely N-dealkylation sites (tertiary alicyclic amines) is 1. The largest absolute Gasteiger partial charge is 0.497 e. The van der Waals surface area contributed by atoms with Crippen LogP contribution in [-0.4, -0.2) is 73.1 Å². The average Bonchev–Trinajstić information content (AvgIpc) is 3.15. The predicted molar refractivity (Wildman–Crippen MR) is 149 cm³/mol. The number of imide groups is 1. The van der Waals surface area contributed by atoms with Crippen molar-refractivity contribution in [3.05, 3.63) is 77.4 Å². The van der Waals surface area contributed by atoms with Crippen molar-refractivity contribution in [1.82, 2.24) is 14.7 Å². The molecule has 3 amide bonds. The Labute approximate surface area is 230 Å². The Morgan fingerprint density at radius 1 is 0.821 bits per heavy atom. The summed E-state index contributed by atoms with van der Waals surface area (Å²) < 4.78 is 16.2. The zero-order chi connectivity index (χ0) is 27.4. The minimum absolute atomic E-state index is 0.0926. The monoisotopic (exact) mass is 531 g/mol. The van der Waals surface area contributed by atoms with Crippen LogP contribution < -0.4 is 14.2 Å². The highest BCUT2D eigenvalue weighted by molar-refractivity contribution is 6.07. The van der Waals surface area contributed by atoms with Crippen molar-refractivity contribution < 1.29 is 23.8 Å². The van der Waals surface area contributed by atoms with Crippen LogP contribution in [0, 0.1) is 0 Å². The highest BCUT2D eigenvalue weighted by Crippen LogP contribution is 2.39. The average molecular weight is 532 g/mol. The van der Waals surface area contributed by atoms with Gasteiger partial charge in [-0.2, -0.15) is 0 Å². The lowest BCUT2D eigenvalue weighted by molar-refractivity contribution is -0.136. The van der Waals surface area contributed by atoms with Crippen LogP contribution in [0.5, 0.6) is 17.2 Å². The number of rotatable bonds is 9. The molecule has 0 atom stereocenters. The Kier molecular flexibility index (Phi) is 7.93. The topological polar surface area (TPSA) is 71.6 Å². The van der Waals surface area contributed by atoms with Gasteiger partial charge in [-0.3, -0.25) is 14.6 Å². The Morgan fingerprint density at radius 3 is 2.15 bits per heavy atom. The van der Waals surface area contributed by atoms with Crippen molar-refractivity contribution in [3.63, 3.8) is 0 Å². The van der Waals surface area contributed by atoms with E-state index in [9.17, 15) is 9.59 Å². The molecule has 39 heavy (non-hydrogen) atoms. The molecule has 206 valence electrons. The van der Waals surface area contributed by atoms with Crippen LogP contribution >= 0.6 is 0 Å². The third-order valence-corrected chi connectivity index (χ3v) is 8.06. The van der Waals surface area contributed by atoms with Crippen molar-refractivity contribution in [2.45, 2.75) is 44.3 Å². The number of hydrogen-bond donors (Lipinski definition) is 0. The van der Waals surface area contributed by atoms with Gasteiger partial charge < -0.3 is 19.1 Å². The van der Waals surface area contributed by atoms with Crippen LogP contribution in [0.2, 0.25) is 0 Å². The van der Waals surface area contributed by atoms with E-state index in [1.54, 1.807) is 21.3 Å². The highest BCUT2D eigenvalue weighted by atomic mass is 16.5. The van der Waals surface area contributed by atoms with Gasteiger partial charge in [0.2, 0.25) is 0 Å². The van der Waals surface area contributed by atoms with Crippen LogP contribution in [0.15, 0.2) is 66.3 Å². The van der Waals surface area contributed by atoms with Gasteiger partial charge in [-0.15, -0.1) is 0 Å². The lowest BCUT2D eigenvalue weighted by Crippen LogP contribution is -2.56. The standard InChI is InChI=1S/C31H37N3O5/c1-37-26-11-7-10-24(16-26)21-33-29(35)31(34(30(33)36)22-23-8-5-4-6-9-23)12-14-32(15-13-31)20-25-17-27(38-2)19-28(18-25)39-3/h4-5,7-8,10-11,16-19H,6,9,12-15,20-22H2,1-3H3. The van der Waals surface area contributed by atoms with E-state index in [4.69, 9.17) is 14.2 Å². The Bertz CT molecular complexity index is 1260. The van der Waals surface area contributed by atoms with Crippen LogP contribution in [0.4, 0.5) is 4.79 Å². The second-order valence-corrected chi connectivity index (χ2v) is 10.4. The maximum absolute atomic E-state index is 14.1. The first-order valence-corrected chi connectivity index (χ1v) is 13.5. The van der Waals surface area contributed by atoms with Gasteiger partial charge in [0, 0.05) is 32.2 Å². The van der Waals surface area contributed by atoms with Gasteiger partial charge in [0.25, 0.3) is 5.91 Å². The van der Waals surface area contributed by atoms with Gasteiger partial charge in [-0.25, -0.2) is 4.79 Å². The first-order valence-electron chi connectivity index (χ1n) is 13.5. The smallest absolute Gasteiger partial charge is 0.328 e. The summed E-state index contributed by atoms with van der Waals surface area (Å²) in [7, 11) is 4.91. The van der Waals surface area contributed by atoms with E-state index >= 15 is 0 Å². The minimum Gasteiger partial charge on any atom is -0.497 e. The van der Waals surface area contributed by atoms with Gasteiger partial charge in [0.15, 0.2) is 0 Å². The van der Waals surface area contributed by atoms with Gasteiger partial charge in [-0.1, -0.05) is 35.9 Å². The van der Waals surface area contributed by atoms with Gasteiger partial charge in [-0.05, 0) is 61.1 Å². The number of benzene rings is 2. The van der Waals surface area contributed by atoms with Crippen molar-refractivity contribution in [3.8, 4) is 17.2 Å². The fourth-order valence-electron chi connectivity index (χ4n) is 5.86. The van der Waals surface area contributed by atoms with Gasteiger partial charge >= 0.3 is 6.03 Å². The molecular formula is C31H37N3O5. The molecule has 5 rings (SSSR count). The highest BCUT2D eigenvalue weighted by Gasteiger charge is 2.57. The summed E-state index contributed by atoms with van der Waals surface area (Å²) in [5, 5.41) is 0. The number of methoxy groups -OCH3 is 3. The third kappa shape index (κ3) is 5.52. The number of piperidine rings is 1. The molecule has 0 saturated carbocycles. The molecule has 2 aromatic carbocycles. The Hall–Kier alpha value is -3.78. The number of hydrogen-bond acceptors (Lipinski definition) is 6. The molecule has 0 radical (unpaired) electrons. The molecule has 8 nitrogen and oxygen atoms in total. The number of nitrogens with zero attached hydrogens (tertiary/aromatic N) is 3. The zero-order valence-electron chi connectivity index (χ0n) is 23.0. The molecule has 2 aromatic rings. The number of urea groups is 1. The molecule has 2 saturated heterocycles. The van der Waals surface area contributed by atoms with Crippen LogP contribution in [0.3, 0.4) is 0 Å². The lowest BCUT2D eigenvalue weighted by atomic mass is 9.85. The van der Waals surface area contributed by atoms with Gasteiger partial charge in [0.05, 0.1) is 27.9 Å². The van der Waals surface area contributed by atoms with Gasteiger partial charge in [0.1, 0.15) is 22.8 Å². The number of carbonyl (C=O) groups excluding carboxylic acids is 2. The summed E-state index contributed by atoms with van der Waals surface area (Å²) in [5.74, 6) is 2.12. The zero-order valence-corrected chi connectivity index (χ0v) is 23.0. The molecule has 0 aromatic heterocycles. The summed E-state index contributed by atoms with van der Waals surface area (Å²) in [4.78, 5) is 33.6. The van der Waals surface area contributed by atoms with E-state index in [2.05, 4.69) is 17.1 Å². The minimum atomic E-state index is -0.833. The Morgan fingerprint density at radius 2 is 1.51 bits per heavy atom. The van der Waals surface area contributed by atoms with Crippen molar-refractivity contribution in [1.29, 1.82) is 0 Å². The number of ether oxygens (including phenoxy) is 3. The van der Waals surface area contributed by atoms with E-state index < -0.39 is 5.54 Å². The molecule has 2 fully saturated rings. The van der Waals surface area contributed by atoms with Crippen molar-refractivity contribution >= 4 is 11.9 Å². The molecule has 2 heterocycles. The first-order chi connectivity index (χ1) is 19.0. The maximum Gasteiger partial charge on any atom is 0.328 e. The van der Waals surface area contributed by atoms with E-state index in [0.717, 1.165) is 42.0 Å². The summed E-state index contributed by atoms with van der Waals surface area (Å²) in [5.41, 5.74) is 2.32. The second kappa shape index (κ2) is 11.5. The molecule has 0 N–H and O–H groups in total. The second-order valence-electron chi connectivity index (χ2n) is 10.4. The number of carbonyl (C=O) groups is 2. The van der Waals surface area contributed by atoms with Crippen LogP contribution in [0.1, 0.15) is 36.8 Å². The van der Waals surface area contributed by atoms with E-state index in [0.29, 0.717) is 38.2 Å². The Balaban J connectivity index is 1.37. The molecule has 2 aliphatic heterocycles. The molecular weight excluding hydrogens is 494 g/mol. The summed E-state index contributed by atoms with van der Waals surface area (Å²) in [6.45, 7) is 2.85. The van der Waals surface area contributed by atoms with Crippen LogP contribution in [0.25, 0.3) is 0 Å².